The number of ether oxygens (including phenoxy) is 3. The van der Waals surface area contributed by atoms with E-state index in [9.17, 15) is 10.1 Å². The summed E-state index contributed by atoms with van der Waals surface area (Å²) < 4.78 is 16.1. The zero-order valence-electron chi connectivity index (χ0n) is 14.1. The summed E-state index contributed by atoms with van der Waals surface area (Å²) in [6.07, 6.45) is 0.738. The molecule has 1 saturated heterocycles. The number of hydrogen-bond donors (Lipinski definition) is 1. The van der Waals surface area contributed by atoms with Crippen LogP contribution < -0.4 is 10.1 Å². The average Bonchev–Trinajstić information content (AvgIpc) is 2.61. The van der Waals surface area contributed by atoms with E-state index in [2.05, 4.69) is 11.4 Å². The van der Waals surface area contributed by atoms with Crippen LogP contribution in [0.5, 0.6) is 5.75 Å². The third kappa shape index (κ3) is 4.85. The van der Waals surface area contributed by atoms with Crippen molar-refractivity contribution in [1.29, 1.82) is 5.26 Å². The van der Waals surface area contributed by atoms with Gasteiger partial charge in [0, 0.05) is 32.5 Å². The van der Waals surface area contributed by atoms with E-state index in [4.69, 9.17) is 14.2 Å². The lowest BCUT2D eigenvalue weighted by Crippen LogP contribution is -2.47. The quantitative estimate of drug-likeness (QED) is 0.863. The van der Waals surface area contributed by atoms with Gasteiger partial charge in [0.1, 0.15) is 11.8 Å². The van der Waals surface area contributed by atoms with Crippen molar-refractivity contribution in [3.8, 4) is 11.8 Å². The molecule has 1 fully saturated rings. The number of carbonyl (C=O) groups excluding carboxylic acids is 1. The second-order valence-corrected chi connectivity index (χ2v) is 5.41. The van der Waals surface area contributed by atoms with Gasteiger partial charge in [-0.1, -0.05) is 0 Å². The number of nitrogens with zero attached hydrogens (tertiary/aromatic N) is 2. The molecule has 1 aliphatic rings. The van der Waals surface area contributed by atoms with Crippen molar-refractivity contribution >= 4 is 11.7 Å². The predicted molar refractivity (Wildman–Crippen MR) is 89.2 cm³/mol. The number of rotatable bonds is 6. The Balaban J connectivity index is 1.97. The van der Waals surface area contributed by atoms with Crippen LogP contribution in [0.4, 0.5) is 10.5 Å². The SMILES string of the molecule is CCOc1ccc(NC(=O)N2CCOC(CCOC)C2)cc1C#N. The Labute approximate surface area is 142 Å². The molecule has 7 heteroatoms. The molecule has 0 bridgehead atoms. The van der Waals surface area contributed by atoms with Crippen LogP contribution in [0.25, 0.3) is 0 Å². The zero-order valence-corrected chi connectivity index (χ0v) is 14.1. The van der Waals surface area contributed by atoms with Gasteiger partial charge in [0.25, 0.3) is 0 Å². The molecule has 130 valence electrons. The first-order valence-electron chi connectivity index (χ1n) is 8.01. The Hall–Kier alpha value is -2.30. The number of amides is 2. The van der Waals surface area contributed by atoms with Crippen LogP contribution in [-0.2, 0) is 9.47 Å². The van der Waals surface area contributed by atoms with E-state index in [0.29, 0.717) is 49.9 Å². The third-order valence-electron chi connectivity index (χ3n) is 3.72. The van der Waals surface area contributed by atoms with Crippen LogP contribution in [-0.4, -0.2) is 57.1 Å². The normalized spacial score (nSPS) is 17.2. The Kier molecular flexibility index (Phi) is 6.85. The molecule has 0 aliphatic carbocycles. The summed E-state index contributed by atoms with van der Waals surface area (Å²) in [5.41, 5.74) is 0.967. The fourth-order valence-corrected chi connectivity index (χ4v) is 2.51. The van der Waals surface area contributed by atoms with E-state index in [-0.39, 0.29) is 12.1 Å². The van der Waals surface area contributed by atoms with Crippen molar-refractivity contribution in [1.82, 2.24) is 4.90 Å². The summed E-state index contributed by atoms with van der Waals surface area (Å²) >= 11 is 0. The molecule has 0 spiro atoms. The van der Waals surface area contributed by atoms with Gasteiger partial charge in [-0.15, -0.1) is 0 Å². The number of morpholine rings is 1. The molecular formula is C17H23N3O4. The van der Waals surface area contributed by atoms with Crippen LogP contribution >= 0.6 is 0 Å². The fraction of sp³-hybridized carbons (Fsp3) is 0.529. The summed E-state index contributed by atoms with van der Waals surface area (Å²) in [6, 6.07) is 6.92. The molecule has 0 aromatic heterocycles. The molecule has 1 aromatic rings. The second kappa shape index (κ2) is 9.11. The Morgan fingerprint density at radius 3 is 3.08 bits per heavy atom. The van der Waals surface area contributed by atoms with Crippen LogP contribution in [0.3, 0.4) is 0 Å². The lowest BCUT2D eigenvalue weighted by Gasteiger charge is -2.33. The minimum atomic E-state index is -0.200. The predicted octanol–water partition coefficient (Wildman–Crippen LogP) is 2.23. The molecule has 2 amide bonds. The molecule has 1 heterocycles. The maximum atomic E-state index is 12.4. The summed E-state index contributed by atoms with van der Waals surface area (Å²) in [7, 11) is 1.64. The van der Waals surface area contributed by atoms with Gasteiger partial charge in [-0.25, -0.2) is 4.79 Å². The van der Waals surface area contributed by atoms with E-state index in [0.717, 1.165) is 6.42 Å². The minimum absolute atomic E-state index is 0.0144. The highest BCUT2D eigenvalue weighted by Gasteiger charge is 2.24. The molecule has 1 aliphatic heterocycles. The zero-order chi connectivity index (χ0) is 17.4. The third-order valence-corrected chi connectivity index (χ3v) is 3.72. The maximum Gasteiger partial charge on any atom is 0.322 e. The fourth-order valence-electron chi connectivity index (χ4n) is 2.51. The minimum Gasteiger partial charge on any atom is -0.492 e. The van der Waals surface area contributed by atoms with Crippen LogP contribution in [0.2, 0.25) is 0 Å². The van der Waals surface area contributed by atoms with E-state index >= 15 is 0 Å². The van der Waals surface area contributed by atoms with Gasteiger partial charge >= 0.3 is 6.03 Å². The first-order valence-corrected chi connectivity index (χ1v) is 8.01. The molecule has 1 aromatic carbocycles. The molecule has 2 rings (SSSR count). The summed E-state index contributed by atoms with van der Waals surface area (Å²) in [6.45, 7) is 4.51. The Morgan fingerprint density at radius 1 is 1.54 bits per heavy atom. The largest absolute Gasteiger partial charge is 0.492 e. The van der Waals surface area contributed by atoms with E-state index in [1.54, 1.807) is 30.2 Å². The van der Waals surface area contributed by atoms with E-state index in [1.807, 2.05) is 6.92 Å². The summed E-state index contributed by atoms with van der Waals surface area (Å²) in [5, 5.41) is 12.0. The van der Waals surface area contributed by atoms with Gasteiger partial charge in [-0.05, 0) is 31.5 Å². The highest BCUT2D eigenvalue weighted by molar-refractivity contribution is 5.89. The number of anilines is 1. The smallest absolute Gasteiger partial charge is 0.322 e. The van der Waals surface area contributed by atoms with Crippen molar-refractivity contribution in [3.05, 3.63) is 23.8 Å². The maximum absolute atomic E-state index is 12.4. The van der Waals surface area contributed by atoms with E-state index < -0.39 is 0 Å². The first-order chi connectivity index (χ1) is 11.7. The molecule has 1 atom stereocenters. The monoisotopic (exact) mass is 333 g/mol. The lowest BCUT2D eigenvalue weighted by molar-refractivity contribution is -0.0260. The number of carbonyl (C=O) groups is 1. The van der Waals surface area contributed by atoms with E-state index in [1.165, 1.54) is 0 Å². The van der Waals surface area contributed by atoms with Crippen LogP contribution in [0.1, 0.15) is 18.9 Å². The van der Waals surface area contributed by atoms with Crippen LogP contribution in [0.15, 0.2) is 18.2 Å². The highest BCUT2D eigenvalue weighted by atomic mass is 16.5. The summed E-state index contributed by atoms with van der Waals surface area (Å²) in [5.74, 6) is 0.518. The van der Waals surface area contributed by atoms with Crippen molar-refractivity contribution in [2.45, 2.75) is 19.4 Å². The van der Waals surface area contributed by atoms with Gasteiger partial charge in [-0.3, -0.25) is 0 Å². The molecular weight excluding hydrogens is 310 g/mol. The average molecular weight is 333 g/mol. The Bertz CT molecular complexity index is 600. The van der Waals surface area contributed by atoms with Gasteiger partial charge in [-0.2, -0.15) is 5.26 Å². The molecule has 1 unspecified atom stereocenters. The van der Waals surface area contributed by atoms with Gasteiger partial charge in [0.2, 0.25) is 0 Å². The first kappa shape index (κ1) is 18.0. The van der Waals surface area contributed by atoms with Gasteiger partial charge in [0.15, 0.2) is 0 Å². The topological polar surface area (TPSA) is 83.8 Å². The highest BCUT2D eigenvalue weighted by Crippen LogP contribution is 2.22. The molecule has 7 nitrogen and oxygen atoms in total. The molecule has 0 saturated carbocycles. The van der Waals surface area contributed by atoms with Crippen molar-refractivity contribution in [3.63, 3.8) is 0 Å². The van der Waals surface area contributed by atoms with Gasteiger partial charge < -0.3 is 24.4 Å². The Morgan fingerprint density at radius 2 is 2.38 bits per heavy atom. The lowest BCUT2D eigenvalue weighted by atomic mass is 10.2. The van der Waals surface area contributed by atoms with Crippen molar-refractivity contribution in [2.24, 2.45) is 0 Å². The molecule has 24 heavy (non-hydrogen) atoms. The number of methoxy groups -OCH3 is 1. The van der Waals surface area contributed by atoms with Crippen molar-refractivity contribution in [2.75, 3.05) is 45.3 Å². The summed E-state index contributed by atoms with van der Waals surface area (Å²) in [4.78, 5) is 14.1. The molecule has 1 N–H and O–H groups in total. The van der Waals surface area contributed by atoms with Crippen LogP contribution in [0, 0.1) is 11.3 Å². The van der Waals surface area contributed by atoms with Gasteiger partial charge in [0.05, 0.1) is 24.9 Å². The number of nitriles is 1. The molecule has 0 radical (unpaired) electrons. The number of benzene rings is 1. The number of hydrogen-bond acceptors (Lipinski definition) is 5. The second-order valence-electron chi connectivity index (χ2n) is 5.41. The standard InChI is InChI=1S/C17H23N3O4/c1-3-23-16-5-4-14(10-13(16)11-18)19-17(21)20-7-9-24-15(12-20)6-8-22-2/h4-5,10,15H,3,6-9,12H2,1-2H3,(H,19,21). The van der Waals surface area contributed by atoms with Crippen molar-refractivity contribution < 1.29 is 19.0 Å². The number of urea groups is 1. The number of nitrogens with one attached hydrogen (secondary N) is 1.